The first-order valence-corrected chi connectivity index (χ1v) is 14.7. The summed E-state index contributed by atoms with van der Waals surface area (Å²) in [5.74, 6) is -0.455. The molecule has 1 N–H and O–H groups in total. The zero-order chi connectivity index (χ0) is 29.4. The first-order chi connectivity index (χ1) is 20.4. The van der Waals surface area contributed by atoms with Crippen molar-refractivity contribution in [3.05, 3.63) is 68.4 Å². The molecule has 42 heavy (non-hydrogen) atoms. The standard InChI is InChI=1S/C28H31FN6O6S/c1-16-23-25(37)34(20-4-3-9-30-24(20)36)28(38)33(27(23)42-26(16)35-31-10-11-32-35)15-22(41-18-7-12-40-13-8-18)19-14-17(29)5-6-21(19)39-2/h5-6,10-11,14,18,20,22H,3-4,7-9,12-13,15H2,1-2H3,(H,30,36). The topological polar surface area (TPSA) is 132 Å². The van der Waals surface area contributed by atoms with Crippen LogP contribution in [0.3, 0.4) is 0 Å². The Kier molecular flexibility index (Phi) is 7.92. The van der Waals surface area contributed by atoms with E-state index in [-0.39, 0.29) is 18.6 Å². The lowest BCUT2D eigenvalue weighted by Gasteiger charge is -2.30. The van der Waals surface area contributed by atoms with Gasteiger partial charge in [-0.15, -0.1) is 4.80 Å². The number of fused-ring (bicyclic) bond motifs is 1. The molecule has 1 amide bonds. The van der Waals surface area contributed by atoms with Gasteiger partial charge in [-0.1, -0.05) is 11.3 Å². The van der Waals surface area contributed by atoms with Crippen LogP contribution in [0.5, 0.6) is 5.75 Å². The number of nitrogens with one attached hydrogen (secondary N) is 1. The molecule has 2 unspecified atom stereocenters. The Hall–Kier alpha value is -3.88. The summed E-state index contributed by atoms with van der Waals surface area (Å²) in [6.07, 6.45) is 4.27. The van der Waals surface area contributed by atoms with Crippen molar-refractivity contribution in [3.8, 4) is 10.8 Å². The van der Waals surface area contributed by atoms with E-state index in [2.05, 4.69) is 15.5 Å². The number of piperidine rings is 1. The quantitative estimate of drug-likeness (QED) is 0.328. The molecule has 12 nitrogen and oxygen atoms in total. The number of rotatable bonds is 8. The van der Waals surface area contributed by atoms with Crippen molar-refractivity contribution < 1.29 is 23.4 Å². The van der Waals surface area contributed by atoms with Gasteiger partial charge >= 0.3 is 5.69 Å². The third-order valence-electron chi connectivity index (χ3n) is 7.80. The molecule has 0 spiro atoms. The van der Waals surface area contributed by atoms with Crippen LogP contribution in [0.15, 0.2) is 40.2 Å². The normalized spacial score (nSPS) is 18.7. The van der Waals surface area contributed by atoms with E-state index in [1.165, 1.54) is 58.4 Å². The van der Waals surface area contributed by atoms with Crippen LogP contribution in [0.4, 0.5) is 4.39 Å². The number of carbonyl (C=O) groups excluding carboxylic acids is 1. The third-order valence-corrected chi connectivity index (χ3v) is 9.08. The van der Waals surface area contributed by atoms with Crippen molar-refractivity contribution in [2.24, 2.45) is 0 Å². The Bertz CT molecular complexity index is 1730. The summed E-state index contributed by atoms with van der Waals surface area (Å²) >= 11 is 1.20. The average molecular weight is 599 g/mol. The molecule has 3 aromatic heterocycles. The Morgan fingerprint density at radius 3 is 2.64 bits per heavy atom. The van der Waals surface area contributed by atoms with Crippen LogP contribution >= 0.6 is 11.3 Å². The second kappa shape index (κ2) is 11.8. The molecule has 2 fully saturated rings. The lowest BCUT2D eigenvalue weighted by Crippen LogP contribution is -2.49. The van der Waals surface area contributed by atoms with Crippen molar-refractivity contribution in [3.63, 3.8) is 0 Å². The number of aryl methyl sites for hydroxylation is 1. The zero-order valence-corrected chi connectivity index (χ0v) is 24.1. The lowest BCUT2D eigenvalue weighted by atomic mass is 10.1. The Balaban J connectivity index is 1.57. The van der Waals surface area contributed by atoms with Crippen LogP contribution in [0.2, 0.25) is 0 Å². The maximum Gasteiger partial charge on any atom is 0.332 e. The summed E-state index contributed by atoms with van der Waals surface area (Å²) in [7, 11) is 1.49. The minimum atomic E-state index is -0.960. The largest absolute Gasteiger partial charge is 0.496 e. The zero-order valence-electron chi connectivity index (χ0n) is 23.2. The van der Waals surface area contributed by atoms with E-state index >= 15 is 0 Å². The van der Waals surface area contributed by atoms with Crippen molar-refractivity contribution in [1.29, 1.82) is 0 Å². The SMILES string of the molecule is COc1ccc(F)cc1C(Cn1c(=O)n(C2CCCNC2=O)c(=O)c2c(C)c(-n3nccn3)sc21)OC1CCOCC1. The maximum atomic E-state index is 14.6. The highest BCUT2D eigenvalue weighted by Crippen LogP contribution is 2.35. The second-order valence-corrected chi connectivity index (χ2v) is 11.3. The van der Waals surface area contributed by atoms with E-state index in [9.17, 15) is 18.8 Å². The van der Waals surface area contributed by atoms with Gasteiger partial charge in [0.2, 0.25) is 5.91 Å². The molecule has 0 bridgehead atoms. The molecule has 2 aliphatic rings. The molecular weight excluding hydrogens is 567 g/mol. The van der Waals surface area contributed by atoms with Gasteiger partial charge in [-0.2, -0.15) is 10.2 Å². The van der Waals surface area contributed by atoms with Crippen LogP contribution in [-0.4, -0.2) is 63.0 Å². The smallest absolute Gasteiger partial charge is 0.332 e. The summed E-state index contributed by atoms with van der Waals surface area (Å²) in [4.78, 5) is 43.0. The number of nitrogens with zero attached hydrogens (tertiary/aromatic N) is 5. The predicted octanol–water partition coefficient (Wildman–Crippen LogP) is 2.65. The summed E-state index contributed by atoms with van der Waals surface area (Å²) < 4.78 is 34.7. The molecule has 0 radical (unpaired) electrons. The van der Waals surface area contributed by atoms with Crippen LogP contribution in [-0.2, 0) is 20.8 Å². The molecule has 14 heteroatoms. The molecule has 222 valence electrons. The molecular formula is C28H31FN6O6S. The molecule has 5 heterocycles. The van der Waals surface area contributed by atoms with Crippen molar-refractivity contribution >= 4 is 27.5 Å². The fourth-order valence-electron chi connectivity index (χ4n) is 5.68. The Morgan fingerprint density at radius 1 is 1.17 bits per heavy atom. The van der Waals surface area contributed by atoms with Crippen molar-refractivity contribution in [2.75, 3.05) is 26.9 Å². The fraction of sp³-hybridized carbons (Fsp3) is 0.464. The minimum Gasteiger partial charge on any atom is -0.496 e. The average Bonchev–Trinajstić information content (AvgIpc) is 3.64. The summed E-state index contributed by atoms with van der Waals surface area (Å²) in [6.45, 7) is 3.23. The lowest BCUT2D eigenvalue weighted by molar-refractivity contribution is -0.126. The van der Waals surface area contributed by atoms with Crippen LogP contribution in [0.1, 0.15) is 49.0 Å². The van der Waals surface area contributed by atoms with Crippen molar-refractivity contribution in [2.45, 2.75) is 57.4 Å². The molecule has 2 aliphatic heterocycles. The number of thiophene rings is 1. The van der Waals surface area contributed by atoms with Crippen molar-refractivity contribution in [1.82, 2.24) is 29.4 Å². The van der Waals surface area contributed by atoms with Gasteiger partial charge in [0, 0.05) is 30.9 Å². The number of amides is 1. The second-order valence-electron chi connectivity index (χ2n) is 10.4. The summed E-state index contributed by atoms with van der Waals surface area (Å²) in [6, 6.07) is 3.20. The molecule has 6 rings (SSSR count). The summed E-state index contributed by atoms with van der Waals surface area (Å²) in [5, 5.41) is 12.1. The number of aromatic nitrogens is 5. The summed E-state index contributed by atoms with van der Waals surface area (Å²) in [5.41, 5.74) is -0.183. The molecule has 0 saturated carbocycles. The van der Waals surface area contributed by atoms with Crippen LogP contribution in [0, 0.1) is 12.7 Å². The van der Waals surface area contributed by atoms with E-state index in [1.807, 2.05) is 0 Å². The van der Waals surface area contributed by atoms with Gasteiger partial charge < -0.3 is 19.5 Å². The van der Waals surface area contributed by atoms with Crippen LogP contribution < -0.4 is 21.3 Å². The highest BCUT2D eigenvalue weighted by molar-refractivity contribution is 7.21. The van der Waals surface area contributed by atoms with Gasteiger partial charge in [-0.05, 0) is 50.8 Å². The first kappa shape index (κ1) is 28.2. The highest BCUT2D eigenvalue weighted by atomic mass is 32.1. The molecule has 1 aromatic carbocycles. The molecule has 0 aliphatic carbocycles. The fourth-order valence-corrected chi connectivity index (χ4v) is 6.90. The Labute approximate surface area is 243 Å². The molecule has 2 saturated heterocycles. The van der Waals surface area contributed by atoms with Gasteiger partial charge in [0.05, 0.1) is 37.5 Å². The number of ether oxygens (including phenoxy) is 3. The number of benzene rings is 1. The number of methoxy groups -OCH3 is 1. The van der Waals surface area contributed by atoms with Crippen LogP contribution in [0.25, 0.3) is 15.2 Å². The number of hydrogen-bond donors (Lipinski definition) is 1. The number of hydrogen-bond acceptors (Lipinski definition) is 9. The van der Waals surface area contributed by atoms with E-state index in [0.717, 1.165) is 4.57 Å². The monoisotopic (exact) mass is 598 g/mol. The number of carbonyl (C=O) groups is 1. The Morgan fingerprint density at radius 2 is 1.93 bits per heavy atom. The van der Waals surface area contributed by atoms with Gasteiger partial charge in [-0.3, -0.25) is 14.2 Å². The van der Waals surface area contributed by atoms with E-state index in [4.69, 9.17) is 14.2 Å². The van der Waals surface area contributed by atoms with Gasteiger partial charge in [0.1, 0.15) is 33.5 Å². The maximum absolute atomic E-state index is 14.6. The van der Waals surface area contributed by atoms with Gasteiger partial charge in [-0.25, -0.2) is 13.8 Å². The minimum absolute atomic E-state index is 0.0624. The van der Waals surface area contributed by atoms with E-state index in [0.29, 0.717) is 77.5 Å². The van der Waals surface area contributed by atoms with Gasteiger partial charge in [0.25, 0.3) is 5.56 Å². The van der Waals surface area contributed by atoms with E-state index in [1.54, 1.807) is 6.92 Å². The predicted molar refractivity (Wildman–Crippen MR) is 152 cm³/mol. The molecule has 4 aromatic rings. The highest BCUT2D eigenvalue weighted by Gasteiger charge is 2.32. The molecule has 2 atom stereocenters. The third kappa shape index (κ3) is 5.14. The van der Waals surface area contributed by atoms with E-state index < -0.39 is 29.2 Å². The van der Waals surface area contributed by atoms with Gasteiger partial charge in [0.15, 0.2) is 0 Å². The first-order valence-electron chi connectivity index (χ1n) is 13.9. The number of halogens is 1.